The first-order valence-electron chi connectivity index (χ1n) is 12.2. The molecular weight excluding hydrogens is 508 g/mol. The van der Waals surface area contributed by atoms with Gasteiger partial charge in [0.15, 0.2) is 0 Å². The zero-order chi connectivity index (χ0) is 24.6. The molecule has 1 amide bonds. The van der Waals surface area contributed by atoms with Crippen LogP contribution in [0.1, 0.15) is 56.2 Å². The summed E-state index contributed by atoms with van der Waals surface area (Å²) < 4.78 is 12.6. The predicted molar refractivity (Wildman–Crippen MR) is 137 cm³/mol. The van der Waals surface area contributed by atoms with Crippen LogP contribution in [0, 0.1) is 12.8 Å². The lowest BCUT2D eigenvalue weighted by atomic mass is 9.88. The molecule has 3 aromatic rings. The molecule has 1 aromatic heterocycles. The van der Waals surface area contributed by atoms with Crippen LogP contribution in [0.3, 0.4) is 0 Å². The van der Waals surface area contributed by atoms with Crippen LogP contribution in [0.2, 0.25) is 0 Å². The monoisotopic (exact) mass is 538 g/mol. The number of aromatic nitrogens is 2. The third-order valence-corrected chi connectivity index (χ3v) is 7.30. The van der Waals surface area contributed by atoms with E-state index < -0.39 is 0 Å². The zero-order valence-electron chi connectivity index (χ0n) is 20.4. The van der Waals surface area contributed by atoms with Crippen molar-refractivity contribution in [3.8, 4) is 17.1 Å². The normalized spacial score (nSPS) is 20.2. The number of aryl methyl sites for hydroxylation is 1. The van der Waals surface area contributed by atoms with Gasteiger partial charge in [-0.05, 0) is 70.5 Å². The number of hydrogen-bond acceptors (Lipinski definition) is 6. The van der Waals surface area contributed by atoms with E-state index in [9.17, 15) is 4.79 Å². The minimum absolute atomic E-state index is 0.00557. The fraction of sp³-hybridized carbons (Fsp3) is 0.444. The third-order valence-electron chi connectivity index (χ3n) is 6.81. The molecule has 2 aromatic carbocycles. The van der Waals surface area contributed by atoms with Gasteiger partial charge in [-0.1, -0.05) is 45.4 Å². The van der Waals surface area contributed by atoms with Crippen molar-refractivity contribution in [2.45, 2.75) is 58.2 Å². The van der Waals surface area contributed by atoms with Gasteiger partial charge in [-0.15, -0.1) is 0 Å². The molecule has 0 radical (unpaired) electrons. The number of halogens is 1. The topological polar surface area (TPSA) is 80.5 Å². The molecule has 35 heavy (non-hydrogen) atoms. The van der Waals surface area contributed by atoms with Crippen LogP contribution < -0.4 is 10.1 Å². The molecule has 0 aliphatic carbocycles. The second-order valence-electron chi connectivity index (χ2n) is 10.2. The van der Waals surface area contributed by atoms with Gasteiger partial charge in [0.2, 0.25) is 17.6 Å². The average Bonchev–Trinajstić information content (AvgIpc) is 3.27. The van der Waals surface area contributed by atoms with E-state index in [1.807, 2.05) is 24.3 Å². The lowest BCUT2D eigenvalue weighted by Gasteiger charge is -2.39. The highest BCUT2D eigenvalue weighted by Crippen LogP contribution is 2.40. The van der Waals surface area contributed by atoms with Crippen LogP contribution in [-0.4, -0.2) is 39.6 Å². The first kappa shape index (κ1) is 24.0. The first-order valence-corrected chi connectivity index (χ1v) is 13.0. The standard InChI is InChI=1S/C27H31BrN4O3/c1-17-7-8-21-22(15-27(2,3)34-23(21)13-17)29-26(33)18-9-11-32(12-10-18)16-24-30-25(31-35-24)19-5-4-6-20(28)14-19/h4-8,13-14,18,22H,9-12,15-16H2,1-3H3,(H,29,33). The van der Waals surface area contributed by atoms with E-state index >= 15 is 0 Å². The molecule has 7 nitrogen and oxygen atoms in total. The summed E-state index contributed by atoms with van der Waals surface area (Å²) in [4.78, 5) is 20.0. The Morgan fingerprint density at radius 3 is 2.77 bits per heavy atom. The fourth-order valence-corrected chi connectivity index (χ4v) is 5.38. The van der Waals surface area contributed by atoms with Crippen molar-refractivity contribution in [1.82, 2.24) is 20.4 Å². The Morgan fingerprint density at radius 1 is 1.20 bits per heavy atom. The predicted octanol–water partition coefficient (Wildman–Crippen LogP) is 5.44. The molecule has 184 valence electrons. The highest BCUT2D eigenvalue weighted by Gasteiger charge is 2.36. The van der Waals surface area contributed by atoms with Crippen LogP contribution in [0.15, 0.2) is 51.5 Å². The van der Waals surface area contributed by atoms with Gasteiger partial charge in [-0.2, -0.15) is 4.98 Å². The number of hydrogen-bond donors (Lipinski definition) is 1. The summed E-state index contributed by atoms with van der Waals surface area (Å²) in [6.07, 6.45) is 2.38. The average molecular weight is 539 g/mol. The van der Waals surface area contributed by atoms with Gasteiger partial charge in [-0.25, -0.2) is 0 Å². The van der Waals surface area contributed by atoms with Crippen molar-refractivity contribution in [2.24, 2.45) is 5.92 Å². The molecule has 0 bridgehead atoms. The Bertz CT molecular complexity index is 1220. The lowest BCUT2D eigenvalue weighted by Crippen LogP contribution is -2.45. The molecular formula is C27H31BrN4O3. The van der Waals surface area contributed by atoms with Crippen LogP contribution in [-0.2, 0) is 11.3 Å². The summed E-state index contributed by atoms with van der Waals surface area (Å²) in [6.45, 7) is 8.45. The van der Waals surface area contributed by atoms with Crippen LogP contribution in [0.25, 0.3) is 11.4 Å². The molecule has 0 spiro atoms. The number of benzene rings is 2. The number of nitrogens with zero attached hydrogens (tertiary/aromatic N) is 3. The van der Waals surface area contributed by atoms with Gasteiger partial charge in [0, 0.05) is 27.9 Å². The molecule has 2 aliphatic heterocycles. The van der Waals surface area contributed by atoms with E-state index in [1.54, 1.807) is 0 Å². The molecule has 3 heterocycles. The molecule has 2 aliphatic rings. The molecule has 1 unspecified atom stereocenters. The number of carbonyl (C=O) groups excluding carboxylic acids is 1. The Labute approximate surface area is 214 Å². The second kappa shape index (κ2) is 9.74. The van der Waals surface area contributed by atoms with Gasteiger partial charge in [0.25, 0.3) is 0 Å². The van der Waals surface area contributed by atoms with E-state index in [4.69, 9.17) is 9.26 Å². The number of amides is 1. The summed E-state index contributed by atoms with van der Waals surface area (Å²) in [5, 5.41) is 7.46. The van der Waals surface area contributed by atoms with Crippen molar-refractivity contribution in [3.63, 3.8) is 0 Å². The van der Waals surface area contributed by atoms with Crippen LogP contribution in [0.5, 0.6) is 5.75 Å². The maximum absolute atomic E-state index is 13.2. The van der Waals surface area contributed by atoms with E-state index in [0.717, 1.165) is 59.3 Å². The van der Waals surface area contributed by atoms with Crippen molar-refractivity contribution < 1.29 is 14.1 Å². The zero-order valence-corrected chi connectivity index (χ0v) is 22.0. The van der Waals surface area contributed by atoms with Crippen LogP contribution >= 0.6 is 15.9 Å². The Hall–Kier alpha value is -2.71. The number of nitrogens with one attached hydrogen (secondary N) is 1. The van der Waals surface area contributed by atoms with E-state index in [2.05, 4.69) is 75.3 Å². The Balaban J connectivity index is 1.17. The van der Waals surface area contributed by atoms with Crippen molar-refractivity contribution in [2.75, 3.05) is 13.1 Å². The number of carbonyl (C=O) groups is 1. The van der Waals surface area contributed by atoms with E-state index in [1.165, 1.54) is 0 Å². The smallest absolute Gasteiger partial charge is 0.241 e. The van der Waals surface area contributed by atoms with Crippen molar-refractivity contribution in [1.29, 1.82) is 0 Å². The molecule has 1 atom stereocenters. The summed E-state index contributed by atoms with van der Waals surface area (Å²) in [5.41, 5.74) is 2.82. The van der Waals surface area contributed by atoms with Gasteiger partial charge in [0.05, 0.1) is 12.6 Å². The highest BCUT2D eigenvalue weighted by molar-refractivity contribution is 9.10. The van der Waals surface area contributed by atoms with Gasteiger partial charge >= 0.3 is 0 Å². The minimum atomic E-state index is -0.319. The molecule has 1 N–H and O–H groups in total. The molecule has 0 saturated carbocycles. The number of ether oxygens (including phenoxy) is 1. The Morgan fingerprint density at radius 2 is 2.00 bits per heavy atom. The molecule has 5 rings (SSSR count). The van der Waals surface area contributed by atoms with Gasteiger partial charge < -0.3 is 14.6 Å². The quantitative estimate of drug-likeness (QED) is 0.465. The number of likely N-dealkylation sites (tertiary alicyclic amines) is 1. The van der Waals surface area contributed by atoms with Crippen molar-refractivity contribution >= 4 is 21.8 Å². The molecule has 1 saturated heterocycles. The van der Waals surface area contributed by atoms with Crippen LogP contribution in [0.4, 0.5) is 0 Å². The Kier molecular flexibility index (Phi) is 6.68. The molecule has 1 fully saturated rings. The summed E-state index contributed by atoms with van der Waals surface area (Å²) >= 11 is 3.48. The summed E-state index contributed by atoms with van der Waals surface area (Å²) in [5.74, 6) is 2.20. The number of fused-ring (bicyclic) bond motifs is 1. The lowest BCUT2D eigenvalue weighted by molar-refractivity contribution is -0.127. The van der Waals surface area contributed by atoms with Gasteiger partial charge in [-0.3, -0.25) is 9.69 Å². The first-order chi connectivity index (χ1) is 16.8. The largest absolute Gasteiger partial charge is 0.487 e. The summed E-state index contributed by atoms with van der Waals surface area (Å²) in [6, 6.07) is 14.0. The third kappa shape index (κ3) is 5.59. The van der Waals surface area contributed by atoms with Crippen molar-refractivity contribution in [3.05, 3.63) is 64.0 Å². The summed E-state index contributed by atoms with van der Waals surface area (Å²) in [7, 11) is 0. The minimum Gasteiger partial charge on any atom is -0.487 e. The molecule has 8 heteroatoms. The maximum atomic E-state index is 13.2. The second-order valence-corrected chi connectivity index (χ2v) is 11.2. The van der Waals surface area contributed by atoms with E-state index in [0.29, 0.717) is 18.3 Å². The van der Waals surface area contributed by atoms with E-state index in [-0.39, 0.29) is 23.5 Å². The van der Waals surface area contributed by atoms with Gasteiger partial charge in [0.1, 0.15) is 11.4 Å². The SMILES string of the molecule is Cc1ccc2c(c1)OC(C)(C)CC2NC(=O)C1CCN(Cc2nc(-c3cccc(Br)c3)no2)CC1. The number of piperidine rings is 1. The fourth-order valence-electron chi connectivity index (χ4n) is 4.99. The highest BCUT2D eigenvalue weighted by atomic mass is 79.9. The number of rotatable bonds is 5. The maximum Gasteiger partial charge on any atom is 0.241 e.